The first-order chi connectivity index (χ1) is 17.8. The Morgan fingerprint density at radius 2 is 1.72 bits per heavy atom. The molecular weight excluding hydrogens is 448 g/mol. The quantitative estimate of drug-likeness (QED) is 0.241. The zero-order valence-corrected chi connectivity index (χ0v) is 19.8. The number of nitrogens with zero attached hydrogens (tertiary/aromatic N) is 5. The number of para-hydroxylation sites is 2. The molecule has 5 aromatic rings. The number of benzene rings is 3. The van der Waals surface area contributed by atoms with E-state index >= 15 is 0 Å². The van der Waals surface area contributed by atoms with Crippen molar-refractivity contribution in [2.45, 2.75) is 32.3 Å². The summed E-state index contributed by atoms with van der Waals surface area (Å²) in [6, 6.07) is 26.0. The van der Waals surface area contributed by atoms with Crippen LogP contribution in [-0.4, -0.2) is 26.2 Å². The van der Waals surface area contributed by atoms with E-state index in [9.17, 15) is 0 Å². The van der Waals surface area contributed by atoms with Gasteiger partial charge in [0.15, 0.2) is 0 Å². The van der Waals surface area contributed by atoms with Gasteiger partial charge in [-0.05, 0) is 79.3 Å². The summed E-state index contributed by atoms with van der Waals surface area (Å²) in [5.41, 5.74) is 10.6. The van der Waals surface area contributed by atoms with Crippen LogP contribution in [0, 0.1) is 0 Å². The van der Waals surface area contributed by atoms with Crippen molar-refractivity contribution in [2.75, 3.05) is 5.43 Å². The molecule has 0 amide bonds. The Labute approximate surface area is 209 Å². The number of hydrogen-bond donors (Lipinski definition) is 1. The fourth-order valence-electron chi connectivity index (χ4n) is 4.55. The first-order valence-electron chi connectivity index (χ1n) is 12.2. The average Bonchev–Trinajstić information content (AvgIpc) is 3.42. The van der Waals surface area contributed by atoms with Crippen LogP contribution in [-0.2, 0) is 19.4 Å². The van der Waals surface area contributed by atoms with Gasteiger partial charge in [0, 0.05) is 11.1 Å². The Balaban J connectivity index is 1.11. The van der Waals surface area contributed by atoms with Crippen molar-refractivity contribution in [3.8, 4) is 11.4 Å². The second kappa shape index (κ2) is 10.00. The maximum absolute atomic E-state index is 5.90. The van der Waals surface area contributed by atoms with Gasteiger partial charge in [0.25, 0.3) is 0 Å². The molecule has 0 fully saturated rings. The monoisotopic (exact) mass is 474 g/mol. The van der Waals surface area contributed by atoms with Crippen LogP contribution in [0.4, 0.5) is 5.69 Å². The Morgan fingerprint density at radius 3 is 2.61 bits per heavy atom. The first-order valence-corrected chi connectivity index (χ1v) is 12.2. The summed E-state index contributed by atoms with van der Waals surface area (Å²) in [4.78, 5) is 4.89. The maximum Gasteiger partial charge on any atom is 0.134 e. The normalized spacial score (nSPS) is 13.1. The molecule has 0 atom stereocenters. The number of rotatable bonds is 7. The zero-order valence-electron chi connectivity index (χ0n) is 19.8. The summed E-state index contributed by atoms with van der Waals surface area (Å²) in [5.74, 6) is 0.767. The molecule has 0 aliphatic heterocycles. The molecule has 0 spiro atoms. The smallest absolute Gasteiger partial charge is 0.134 e. The molecule has 2 heterocycles. The van der Waals surface area contributed by atoms with Gasteiger partial charge in [0.1, 0.15) is 18.1 Å². The standard InChI is InChI=1S/C29H26N6O/c1-2-8-23(9-3-1)35-19-22(32-34-35)20-36-24-16-14-21(15-17-24)18-30-33-29-25-10-4-6-12-27(25)31-28-13-7-5-11-26(28)29/h1-4,6,8-10,12,14-19H,5,7,11,13,20H2,(H,31,33)/b30-18+. The van der Waals surface area contributed by atoms with Crippen molar-refractivity contribution in [3.63, 3.8) is 0 Å². The summed E-state index contributed by atoms with van der Waals surface area (Å²) >= 11 is 0. The van der Waals surface area contributed by atoms with Gasteiger partial charge in [0.2, 0.25) is 0 Å². The van der Waals surface area contributed by atoms with Crippen LogP contribution in [0.1, 0.15) is 35.4 Å². The number of pyridine rings is 1. The highest BCUT2D eigenvalue weighted by Crippen LogP contribution is 2.33. The van der Waals surface area contributed by atoms with Gasteiger partial charge in [-0.2, -0.15) is 5.10 Å². The van der Waals surface area contributed by atoms with E-state index in [1.807, 2.05) is 73.1 Å². The number of hydrazone groups is 1. The van der Waals surface area contributed by atoms with Crippen molar-refractivity contribution < 1.29 is 4.74 Å². The molecule has 1 N–H and O–H groups in total. The van der Waals surface area contributed by atoms with Crippen molar-refractivity contribution in [3.05, 3.63) is 108 Å². The van der Waals surface area contributed by atoms with E-state index < -0.39 is 0 Å². The lowest BCUT2D eigenvalue weighted by Gasteiger charge is -2.20. The third-order valence-electron chi connectivity index (χ3n) is 6.39. The zero-order chi connectivity index (χ0) is 24.2. The van der Waals surface area contributed by atoms with Crippen LogP contribution in [0.5, 0.6) is 5.75 Å². The van der Waals surface area contributed by atoms with Gasteiger partial charge in [-0.3, -0.25) is 10.4 Å². The van der Waals surface area contributed by atoms with E-state index in [0.717, 1.165) is 52.1 Å². The van der Waals surface area contributed by atoms with Gasteiger partial charge in [0.05, 0.1) is 29.3 Å². The van der Waals surface area contributed by atoms with Crippen molar-refractivity contribution in [1.82, 2.24) is 20.0 Å². The number of anilines is 1. The minimum Gasteiger partial charge on any atom is -0.487 e. The second-order valence-electron chi connectivity index (χ2n) is 8.85. The van der Waals surface area contributed by atoms with Gasteiger partial charge in [-0.1, -0.05) is 41.6 Å². The van der Waals surface area contributed by atoms with Crippen LogP contribution in [0.2, 0.25) is 0 Å². The third-order valence-corrected chi connectivity index (χ3v) is 6.39. The van der Waals surface area contributed by atoms with Crippen LogP contribution < -0.4 is 10.2 Å². The minimum atomic E-state index is 0.349. The summed E-state index contributed by atoms with van der Waals surface area (Å²) in [6.07, 6.45) is 8.16. The van der Waals surface area contributed by atoms with Crippen LogP contribution in [0.25, 0.3) is 16.6 Å². The number of aryl methyl sites for hydroxylation is 1. The van der Waals surface area contributed by atoms with Crippen molar-refractivity contribution in [1.29, 1.82) is 0 Å². The summed E-state index contributed by atoms with van der Waals surface area (Å²) < 4.78 is 7.64. The predicted molar refractivity (Wildman–Crippen MR) is 142 cm³/mol. The molecule has 0 saturated carbocycles. The molecule has 6 rings (SSSR count). The summed E-state index contributed by atoms with van der Waals surface area (Å²) in [6.45, 7) is 0.349. The molecule has 0 bridgehead atoms. The summed E-state index contributed by atoms with van der Waals surface area (Å²) in [7, 11) is 0. The summed E-state index contributed by atoms with van der Waals surface area (Å²) in [5, 5.41) is 14.1. The van der Waals surface area contributed by atoms with Crippen LogP contribution in [0.15, 0.2) is 90.2 Å². The first kappa shape index (κ1) is 22.0. The number of aromatic nitrogens is 4. The van der Waals surface area contributed by atoms with E-state index in [-0.39, 0.29) is 0 Å². The molecule has 2 aromatic heterocycles. The lowest BCUT2D eigenvalue weighted by Crippen LogP contribution is -2.09. The minimum absolute atomic E-state index is 0.349. The highest BCUT2D eigenvalue weighted by atomic mass is 16.5. The topological polar surface area (TPSA) is 77.2 Å². The Morgan fingerprint density at radius 1 is 0.917 bits per heavy atom. The molecule has 7 heteroatoms. The number of nitrogens with one attached hydrogen (secondary N) is 1. The second-order valence-corrected chi connectivity index (χ2v) is 8.85. The van der Waals surface area contributed by atoms with E-state index in [0.29, 0.717) is 6.61 Å². The Kier molecular flexibility index (Phi) is 6.10. The molecule has 0 radical (unpaired) electrons. The third kappa shape index (κ3) is 4.68. The van der Waals surface area contributed by atoms with E-state index in [2.05, 4.69) is 39.0 Å². The molecule has 1 aliphatic rings. The molecular formula is C29H26N6O. The Bertz CT molecular complexity index is 1510. The number of ether oxygens (including phenoxy) is 1. The molecule has 1 aliphatic carbocycles. The lowest BCUT2D eigenvalue weighted by molar-refractivity contribution is 0.301. The lowest BCUT2D eigenvalue weighted by atomic mass is 9.93. The van der Waals surface area contributed by atoms with E-state index in [1.54, 1.807) is 4.68 Å². The fraction of sp³-hybridized carbons (Fsp3) is 0.172. The number of fused-ring (bicyclic) bond motifs is 2. The van der Waals surface area contributed by atoms with Gasteiger partial charge in [-0.15, -0.1) is 5.10 Å². The molecule has 36 heavy (non-hydrogen) atoms. The maximum atomic E-state index is 5.90. The van der Waals surface area contributed by atoms with Gasteiger partial charge >= 0.3 is 0 Å². The van der Waals surface area contributed by atoms with E-state index in [1.165, 1.54) is 24.1 Å². The average molecular weight is 475 g/mol. The fourth-order valence-corrected chi connectivity index (χ4v) is 4.55. The molecule has 0 saturated heterocycles. The highest BCUT2D eigenvalue weighted by molar-refractivity contribution is 5.94. The molecule has 178 valence electrons. The largest absolute Gasteiger partial charge is 0.487 e. The van der Waals surface area contributed by atoms with E-state index in [4.69, 9.17) is 9.72 Å². The van der Waals surface area contributed by atoms with Gasteiger partial charge < -0.3 is 4.74 Å². The van der Waals surface area contributed by atoms with Crippen LogP contribution in [0.3, 0.4) is 0 Å². The number of hydrogen-bond acceptors (Lipinski definition) is 6. The molecule has 3 aromatic carbocycles. The highest BCUT2D eigenvalue weighted by Gasteiger charge is 2.17. The van der Waals surface area contributed by atoms with Crippen LogP contribution >= 0.6 is 0 Å². The SMILES string of the molecule is C(=N\Nc1c2c(nc3ccccc13)CCCC2)/c1ccc(OCc2cn(-c3ccccc3)nn2)cc1. The molecule has 7 nitrogen and oxygen atoms in total. The van der Waals surface area contributed by atoms with Crippen molar-refractivity contribution >= 4 is 22.8 Å². The van der Waals surface area contributed by atoms with Gasteiger partial charge in [-0.25, -0.2) is 4.68 Å². The molecule has 0 unspecified atom stereocenters. The van der Waals surface area contributed by atoms with Crippen molar-refractivity contribution in [2.24, 2.45) is 5.10 Å². The Hall–Kier alpha value is -4.52. The predicted octanol–water partition coefficient (Wildman–Crippen LogP) is 5.72.